The minimum atomic E-state index is 0.122. The summed E-state index contributed by atoms with van der Waals surface area (Å²) >= 11 is 0. The Bertz CT molecular complexity index is 497. The monoisotopic (exact) mass is 289 g/mol. The molecule has 1 amide bonds. The van der Waals surface area contributed by atoms with E-state index in [-0.39, 0.29) is 5.91 Å². The molecule has 0 spiro atoms. The molecule has 1 saturated heterocycles. The van der Waals surface area contributed by atoms with Crippen LogP contribution in [0.5, 0.6) is 0 Å². The van der Waals surface area contributed by atoms with Crippen molar-refractivity contribution < 1.29 is 4.79 Å². The standard InChI is InChI=1S/C17H27N3O/c1-4-19(5-2)16-10-9-14(18)12-15(16)17(21)20-11-7-6-8-13(20)3/h9-10,12-13H,4-8,11,18H2,1-3H3/t13-/m0/s1. The molecule has 1 fully saturated rings. The molecule has 1 atom stereocenters. The zero-order valence-electron chi connectivity index (χ0n) is 13.4. The molecule has 4 nitrogen and oxygen atoms in total. The van der Waals surface area contributed by atoms with Crippen LogP contribution in [0.3, 0.4) is 0 Å². The molecule has 1 aliphatic heterocycles. The molecule has 0 radical (unpaired) electrons. The molecule has 1 aromatic carbocycles. The maximum atomic E-state index is 13.0. The van der Waals surface area contributed by atoms with E-state index in [9.17, 15) is 4.79 Å². The van der Waals surface area contributed by atoms with Crippen molar-refractivity contribution in [1.82, 2.24) is 4.90 Å². The zero-order valence-corrected chi connectivity index (χ0v) is 13.4. The minimum Gasteiger partial charge on any atom is -0.399 e. The van der Waals surface area contributed by atoms with Gasteiger partial charge < -0.3 is 15.5 Å². The summed E-state index contributed by atoms with van der Waals surface area (Å²) in [5, 5.41) is 0. The Labute approximate surface area is 127 Å². The van der Waals surface area contributed by atoms with Crippen molar-refractivity contribution in [2.45, 2.75) is 46.1 Å². The molecule has 2 rings (SSSR count). The van der Waals surface area contributed by atoms with Gasteiger partial charge in [-0.1, -0.05) is 0 Å². The van der Waals surface area contributed by atoms with Crippen LogP contribution in [0.4, 0.5) is 11.4 Å². The SMILES string of the molecule is CCN(CC)c1ccc(N)cc1C(=O)N1CCCC[C@@H]1C. The van der Waals surface area contributed by atoms with E-state index in [4.69, 9.17) is 5.73 Å². The lowest BCUT2D eigenvalue weighted by Crippen LogP contribution is -2.42. The number of nitrogens with zero attached hydrogens (tertiary/aromatic N) is 2. The zero-order chi connectivity index (χ0) is 15.4. The quantitative estimate of drug-likeness (QED) is 0.866. The first-order valence-electron chi connectivity index (χ1n) is 8.03. The van der Waals surface area contributed by atoms with Gasteiger partial charge >= 0.3 is 0 Å². The summed E-state index contributed by atoms with van der Waals surface area (Å²) < 4.78 is 0. The van der Waals surface area contributed by atoms with Crippen LogP contribution in [-0.2, 0) is 0 Å². The molecule has 4 heteroatoms. The molecule has 116 valence electrons. The first-order chi connectivity index (χ1) is 10.1. The Morgan fingerprint density at radius 3 is 2.67 bits per heavy atom. The molecule has 1 aromatic rings. The minimum absolute atomic E-state index is 0.122. The molecule has 1 aliphatic rings. The van der Waals surface area contributed by atoms with Crippen molar-refractivity contribution in [3.63, 3.8) is 0 Å². The number of rotatable bonds is 4. The lowest BCUT2D eigenvalue weighted by molar-refractivity contribution is 0.0636. The highest BCUT2D eigenvalue weighted by atomic mass is 16.2. The van der Waals surface area contributed by atoms with E-state index in [0.717, 1.165) is 43.7 Å². The number of carbonyl (C=O) groups excluding carboxylic acids is 1. The Morgan fingerprint density at radius 2 is 2.05 bits per heavy atom. The molecule has 0 saturated carbocycles. The number of amides is 1. The van der Waals surface area contributed by atoms with Gasteiger partial charge in [0.2, 0.25) is 0 Å². The summed E-state index contributed by atoms with van der Waals surface area (Å²) in [7, 11) is 0. The third kappa shape index (κ3) is 3.31. The summed E-state index contributed by atoms with van der Waals surface area (Å²) in [6.07, 6.45) is 3.40. The van der Waals surface area contributed by atoms with Gasteiger partial charge in [-0.25, -0.2) is 0 Å². The second kappa shape index (κ2) is 6.83. The molecular weight excluding hydrogens is 262 g/mol. The van der Waals surface area contributed by atoms with Crippen molar-refractivity contribution in [1.29, 1.82) is 0 Å². The lowest BCUT2D eigenvalue weighted by Gasteiger charge is -2.35. The highest BCUT2D eigenvalue weighted by Crippen LogP contribution is 2.27. The van der Waals surface area contributed by atoms with Gasteiger partial charge in [-0.3, -0.25) is 4.79 Å². The lowest BCUT2D eigenvalue weighted by atomic mass is 10.0. The predicted molar refractivity (Wildman–Crippen MR) is 88.8 cm³/mol. The fraction of sp³-hybridized carbons (Fsp3) is 0.588. The second-order valence-corrected chi connectivity index (χ2v) is 5.79. The molecule has 0 bridgehead atoms. The molecule has 0 aliphatic carbocycles. The Morgan fingerprint density at radius 1 is 1.33 bits per heavy atom. The van der Waals surface area contributed by atoms with Gasteiger partial charge in [0.1, 0.15) is 0 Å². The molecular formula is C17H27N3O. The average Bonchev–Trinajstić information content (AvgIpc) is 2.49. The van der Waals surface area contributed by atoms with Crippen LogP contribution in [0.25, 0.3) is 0 Å². The van der Waals surface area contributed by atoms with Crippen molar-refractivity contribution in [2.24, 2.45) is 0 Å². The van der Waals surface area contributed by atoms with E-state index >= 15 is 0 Å². The van der Waals surface area contributed by atoms with E-state index in [2.05, 4.69) is 25.7 Å². The van der Waals surface area contributed by atoms with Crippen LogP contribution < -0.4 is 10.6 Å². The molecule has 0 unspecified atom stereocenters. The van der Waals surface area contributed by atoms with E-state index in [1.807, 2.05) is 23.1 Å². The summed E-state index contributed by atoms with van der Waals surface area (Å²) in [5.41, 5.74) is 8.32. The number of carbonyl (C=O) groups is 1. The number of nitrogens with two attached hydrogens (primary N) is 1. The van der Waals surface area contributed by atoms with Gasteiger partial charge in [0.05, 0.1) is 5.56 Å². The number of hydrogen-bond acceptors (Lipinski definition) is 3. The van der Waals surface area contributed by atoms with Gasteiger partial charge in [0, 0.05) is 37.1 Å². The summed E-state index contributed by atoms with van der Waals surface area (Å²) in [6.45, 7) is 8.98. The number of piperidine rings is 1. The van der Waals surface area contributed by atoms with Gasteiger partial charge in [-0.15, -0.1) is 0 Å². The average molecular weight is 289 g/mol. The second-order valence-electron chi connectivity index (χ2n) is 5.79. The van der Waals surface area contributed by atoms with Crippen molar-refractivity contribution in [2.75, 3.05) is 30.3 Å². The highest BCUT2D eigenvalue weighted by molar-refractivity contribution is 6.01. The maximum absolute atomic E-state index is 13.0. The van der Waals surface area contributed by atoms with Crippen LogP contribution in [0.15, 0.2) is 18.2 Å². The largest absolute Gasteiger partial charge is 0.399 e. The van der Waals surface area contributed by atoms with E-state index < -0.39 is 0 Å². The number of likely N-dealkylation sites (tertiary alicyclic amines) is 1. The third-order valence-electron chi connectivity index (χ3n) is 4.42. The van der Waals surface area contributed by atoms with Gasteiger partial charge in [0.25, 0.3) is 5.91 Å². The van der Waals surface area contributed by atoms with Crippen LogP contribution in [0.1, 0.15) is 50.4 Å². The number of benzene rings is 1. The summed E-state index contributed by atoms with van der Waals surface area (Å²) in [4.78, 5) is 17.2. The van der Waals surface area contributed by atoms with Crippen molar-refractivity contribution in [3.05, 3.63) is 23.8 Å². The van der Waals surface area contributed by atoms with E-state index in [0.29, 0.717) is 11.7 Å². The first kappa shape index (κ1) is 15.7. The fourth-order valence-electron chi connectivity index (χ4n) is 3.12. The molecule has 0 aromatic heterocycles. The van der Waals surface area contributed by atoms with Crippen molar-refractivity contribution >= 4 is 17.3 Å². The van der Waals surface area contributed by atoms with Crippen LogP contribution in [0.2, 0.25) is 0 Å². The predicted octanol–water partition coefficient (Wildman–Crippen LogP) is 3.13. The van der Waals surface area contributed by atoms with Crippen LogP contribution in [-0.4, -0.2) is 36.5 Å². The van der Waals surface area contributed by atoms with Gasteiger partial charge in [-0.2, -0.15) is 0 Å². The van der Waals surface area contributed by atoms with E-state index in [1.54, 1.807) is 0 Å². The van der Waals surface area contributed by atoms with Crippen LogP contribution in [0, 0.1) is 0 Å². The van der Waals surface area contributed by atoms with Gasteiger partial charge in [-0.05, 0) is 58.2 Å². The first-order valence-corrected chi connectivity index (χ1v) is 8.03. The normalized spacial score (nSPS) is 18.6. The third-order valence-corrected chi connectivity index (χ3v) is 4.42. The highest BCUT2D eigenvalue weighted by Gasteiger charge is 2.26. The summed E-state index contributed by atoms with van der Waals surface area (Å²) in [5.74, 6) is 0.122. The fourth-order valence-corrected chi connectivity index (χ4v) is 3.12. The Balaban J connectivity index is 2.36. The Hall–Kier alpha value is -1.71. The maximum Gasteiger partial charge on any atom is 0.256 e. The van der Waals surface area contributed by atoms with E-state index in [1.165, 1.54) is 6.42 Å². The van der Waals surface area contributed by atoms with Gasteiger partial charge in [0.15, 0.2) is 0 Å². The topological polar surface area (TPSA) is 49.6 Å². The summed E-state index contributed by atoms with van der Waals surface area (Å²) in [6, 6.07) is 6.00. The smallest absolute Gasteiger partial charge is 0.256 e. The molecule has 21 heavy (non-hydrogen) atoms. The Kier molecular flexibility index (Phi) is 5.10. The molecule has 1 heterocycles. The molecule has 2 N–H and O–H groups in total. The van der Waals surface area contributed by atoms with Crippen molar-refractivity contribution in [3.8, 4) is 0 Å². The number of hydrogen-bond donors (Lipinski definition) is 1. The van der Waals surface area contributed by atoms with Crippen LogP contribution >= 0.6 is 0 Å². The number of nitrogen functional groups attached to an aromatic ring is 1. The number of anilines is 2.